The monoisotopic (exact) mass is 457 g/mol. The summed E-state index contributed by atoms with van der Waals surface area (Å²) in [5.41, 5.74) is 4.94. The molecule has 2 aliphatic heterocycles. The van der Waals surface area contributed by atoms with E-state index in [1.165, 1.54) is 0 Å². The Morgan fingerprint density at radius 3 is 2.66 bits per heavy atom. The third-order valence-corrected chi connectivity index (χ3v) is 7.33. The maximum Gasteiger partial charge on any atom is 0.243 e. The molecule has 1 aromatic heterocycles. The molecule has 2 saturated heterocycles. The van der Waals surface area contributed by atoms with Crippen LogP contribution in [0.1, 0.15) is 24.6 Å². The molecule has 172 valence electrons. The van der Waals surface area contributed by atoms with Gasteiger partial charge in [-0.2, -0.15) is 0 Å². The molecule has 0 aliphatic carbocycles. The highest BCUT2D eigenvalue weighted by Gasteiger charge is 2.41. The molecule has 3 atom stereocenters. The van der Waals surface area contributed by atoms with Gasteiger partial charge in [0.05, 0.1) is 28.2 Å². The first-order valence-electron chi connectivity index (χ1n) is 11.1. The van der Waals surface area contributed by atoms with Gasteiger partial charge >= 0.3 is 0 Å². The number of carbonyl (C=O) groups is 2. The topological polar surface area (TPSA) is 97.8 Å². The first-order chi connectivity index (χ1) is 15.4. The Balaban J connectivity index is 1.36. The molecule has 8 nitrogen and oxygen atoms in total. The number of amides is 2. The van der Waals surface area contributed by atoms with Crippen LogP contribution in [-0.4, -0.2) is 82.6 Å². The molecule has 0 spiro atoms. The van der Waals surface area contributed by atoms with Crippen molar-refractivity contribution < 1.29 is 14.7 Å². The number of nitrogens with zero attached hydrogens (tertiary/aromatic N) is 3. The Morgan fingerprint density at radius 2 is 2.00 bits per heavy atom. The van der Waals surface area contributed by atoms with Gasteiger partial charge in [-0.3, -0.25) is 14.5 Å². The van der Waals surface area contributed by atoms with E-state index >= 15 is 0 Å². The van der Waals surface area contributed by atoms with Crippen molar-refractivity contribution in [1.29, 1.82) is 0 Å². The maximum atomic E-state index is 13.1. The molecule has 1 aromatic carbocycles. The van der Waals surface area contributed by atoms with Gasteiger partial charge in [-0.15, -0.1) is 11.3 Å². The molecule has 2 fully saturated rings. The van der Waals surface area contributed by atoms with E-state index in [2.05, 4.69) is 20.5 Å². The van der Waals surface area contributed by atoms with Crippen molar-refractivity contribution in [2.45, 2.75) is 45.0 Å². The highest BCUT2D eigenvalue weighted by Crippen LogP contribution is 2.27. The van der Waals surface area contributed by atoms with Gasteiger partial charge in [0, 0.05) is 45.7 Å². The Bertz CT molecular complexity index is 941. The van der Waals surface area contributed by atoms with Gasteiger partial charge in [-0.25, -0.2) is 4.98 Å². The molecule has 1 unspecified atom stereocenters. The molecule has 3 heterocycles. The lowest BCUT2D eigenvalue weighted by Gasteiger charge is -2.35. The number of aliphatic hydroxyl groups excluding tert-OH is 1. The lowest BCUT2D eigenvalue weighted by Crippen LogP contribution is -2.56. The summed E-state index contributed by atoms with van der Waals surface area (Å²) in [6, 6.07) is 7.11. The number of piperazine rings is 1. The number of hydrogen-bond acceptors (Lipinski definition) is 7. The summed E-state index contributed by atoms with van der Waals surface area (Å²) in [5.74, 6) is -0.308. The van der Waals surface area contributed by atoms with Crippen molar-refractivity contribution in [2.24, 2.45) is 0 Å². The molecular weight excluding hydrogens is 426 g/mol. The number of aliphatic hydroxyl groups is 1. The molecule has 2 aliphatic rings. The highest BCUT2D eigenvalue weighted by molar-refractivity contribution is 7.13. The number of aryl methyl sites for hydroxylation is 1. The summed E-state index contributed by atoms with van der Waals surface area (Å²) in [7, 11) is 0. The van der Waals surface area contributed by atoms with Crippen LogP contribution < -0.4 is 10.6 Å². The summed E-state index contributed by atoms with van der Waals surface area (Å²) >= 11 is 1.61. The van der Waals surface area contributed by atoms with Crippen LogP contribution in [-0.2, 0) is 16.1 Å². The predicted octanol–water partition coefficient (Wildman–Crippen LogP) is 0.990. The van der Waals surface area contributed by atoms with Crippen LogP contribution >= 0.6 is 11.3 Å². The second kappa shape index (κ2) is 10.1. The molecule has 0 radical (unpaired) electrons. The van der Waals surface area contributed by atoms with Gasteiger partial charge in [-0.05, 0) is 25.0 Å². The van der Waals surface area contributed by atoms with Crippen molar-refractivity contribution in [2.75, 3.05) is 32.7 Å². The number of likely N-dealkylation sites (tertiary alicyclic amines) is 1. The third kappa shape index (κ3) is 5.01. The Morgan fingerprint density at radius 1 is 1.28 bits per heavy atom. The van der Waals surface area contributed by atoms with Crippen LogP contribution in [0.2, 0.25) is 0 Å². The van der Waals surface area contributed by atoms with E-state index in [0.29, 0.717) is 6.54 Å². The first kappa shape index (κ1) is 22.8. The Hall–Kier alpha value is -2.33. The smallest absolute Gasteiger partial charge is 0.243 e. The predicted molar refractivity (Wildman–Crippen MR) is 124 cm³/mol. The number of thiazole rings is 1. The molecule has 32 heavy (non-hydrogen) atoms. The largest absolute Gasteiger partial charge is 0.391 e. The number of nitrogens with one attached hydrogen (secondary N) is 2. The third-order valence-electron chi connectivity index (χ3n) is 6.35. The van der Waals surface area contributed by atoms with E-state index in [4.69, 9.17) is 0 Å². The fourth-order valence-corrected chi connectivity index (χ4v) is 5.24. The summed E-state index contributed by atoms with van der Waals surface area (Å²) in [4.78, 5) is 35.2. The summed E-state index contributed by atoms with van der Waals surface area (Å²) in [5, 5.41) is 16.4. The second-order valence-electron chi connectivity index (χ2n) is 8.54. The molecule has 3 N–H and O–H groups in total. The highest BCUT2D eigenvalue weighted by atomic mass is 32.1. The molecule has 2 aromatic rings. The van der Waals surface area contributed by atoms with Crippen LogP contribution in [0.25, 0.3) is 10.4 Å². The lowest BCUT2D eigenvalue weighted by molar-refractivity contribution is -0.142. The molecule has 2 amide bonds. The van der Waals surface area contributed by atoms with E-state index in [0.717, 1.165) is 47.9 Å². The van der Waals surface area contributed by atoms with Gasteiger partial charge in [-0.1, -0.05) is 24.3 Å². The maximum absolute atomic E-state index is 13.1. The van der Waals surface area contributed by atoms with E-state index in [1.54, 1.807) is 16.2 Å². The van der Waals surface area contributed by atoms with E-state index in [9.17, 15) is 14.7 Å². The molecule has 4 rings (SSSR count). The first-order valence-corrected chi connectivity index (χ1v) is 12.0. The minimum Gasteiger partial charge on any atom is -0.391 e. The number of aromatic nitrogens is 1. The van der Waals surface area contributed by atoms with E-state index < -0.39 is 12.1 Å². The van der Waals surface area contributed by atoms with E-state index in [1.807, 2.05) is 43.6 Å². The van der Waals surface area contributed by atoms with Crippen molar-refractivity contribution in [1.82, 2.24) is 25.4 Å². The molecule has 0 saturated carbocycles. The lowest BCUT2D eigenvalue weighted by atomic mass is 10.1. The van der Waals surface area contributed by atoms with Gasteiger partial charge in [0.1, 0.15) is 6.04 Å². The minimum atomic E-state index is -0.674. The van der Waals surface area contributed by atoms with Crippen molar-refractivity contribution in [3.05, 3.63) is 41.0 Å². The minimum absolute atomic E-state index is 0.0899. The summed E-state index contributed by atoms with van der Waals surface area (Å²) < 4.78 is 0. The van der Waals surface area contributed by atoms with Gasteiger partial charge in [0.2, 0.25) is 11.8 Å². The molecule has 0 bridgehead atoms. The zero-order valence-corrected chi connectivity index (χ0v) is 19.4. The van der Waals surface area contributed by atoms with Gasteiger partial charge < -0.3 is 20.6 Å². The Labute approximate surface area is 192 Å². The van der Waals surface area contributed by atoms with Crippen molar-refractivity contribution in [3.8, 4) is 10.4 Å². The zero-order chi connectivity index (χ0) is 22.7. The van der Waals surface area contributed by atoms with Crippen LogP contribution in [0, 0.1) is 6.92 Å². The number of β-amino-alcohol motifs (C(OH)–C–C–N with tert-alkyl or cyclic N) is 1. The van der Waals surface area contributed by atoms with Crippen LogP contribution in [0.15, 0.2) is 29.8 Å². The average molecular weight is 458 g/mol. The Kier molecular flexibility index (Phi) is 7.20. The van der Waals surface area contributed by atoms with E-state index in [-0.39, 0.29) is 30.8 Å². The molecule has 9 heteroatoms. The SMILES string of the molecule is Cc1ncsc1-c1ccc(CNC(=O)C2C[C@@H](O)CN2C(=O)[C@H](C)N2CCNCC2)cc1. The number of carbonyl (C=O) groups excluding carboxylic acids is 2. The van der Waals surface area contributed by atoms with Gasteiger partial charge in [0.15, 0.2) is 0 Å². The summed E-state index contributed by atoms with van der Waals surface area (Å²) in [6.45, 7) is 7.77. The fraction of sp³-hybridized carbons (Fsp3) is 0.522. The zero-order valence-electron chi connectivity index (χ0n) is 18.6. The van der Waals surface area contributed by atoms with Crippen molar-refractivity contribution in [3.63, 3.8) is 0 Å². The summed E-state index contributed by atoms with van der Waals surface area (Å²) in [6.07, 6.45) is -0.401. The van der Waals surface area contributed by atoms with Crippen LogP contribution in [0.4, 0.5) is 0 Å². The molecular formula is C23H31N5O3S. The standard InChI is InChI=1S/C23H31N5O3S/c1-15-21(32-14-26-15)18-5-3-17(4-6-18)12-25-22(30)20-11-19(29)13-28(20)23(31)16(2)27-9-7-24-8-10-27/h3-6,14,16,19-20,24,29H,7-13H2,1-2H3,(H,25,30)/t16-,19+,20?/m0/s1. The van der Waals surface area contributed by atoms with Crippen LogP contribution in [0.3, 0.4) is 0 Å². The fourth-order valence-electron chi connectivity index (χ4n) is 4.43. The van der Waals surface area contributed by atoms with Crippen LogP contribution in [0.5, 0.6) is 0 Å². The average Bonchev–Trinajstić information content (AvgIpc) is 3.43. The number of benzene rings is 1. The quantitative estimate of drug-likeness (QED) is 0.599. The van der Waals surface area contributed by atoms with Crippen molar-refractivity contribution >= 4 is 23.2 Å². The second-order valence-corrected chi connectivity index (χ2v) is 9.39. The van der Waals surface area contributed by atoms with Gasteiger partial charge in [0.25, 0.3) is 0 Å². The number of hydrogen-bond donors (Lipinski definition) is 3. The number of rotatable bonds is 6. The normalized spacial score (nSPS) is 22.7.